The lowest BCUT2D eigenvalue weighted by molar-refractivity contribution is 0.00668. The topological polar surface area (TPSA) is 18.5 Å². The first-order valence-corrected chi connectivity index (χ1v) is 6.85. The standard InChI is InChI=1S/C11H19IO2/c1-8(9-3-2-4-9)5-14-11-7-13-6-10(11)12/h8-11H,2-7H2,1H3. The zero-order chi connectivity index (χ0) is 9.97. The Kier molecular flexibility index (Phi) is 4.08. The van der Waals surface area contributed by atoms with Crippen LogP contribution in [-0.4, -0.2) is 29.8 Å². The zero-order valence-electron chi connectivity index (χ0n) is 8.75. The maximum Gasteiger partial charge on any atom is 0.0948 e. The third-order valence-electron chi connectivity index (χ3n) is 3.49. The predicted molar refractivity (Wildman–Crippen MR) is 64.9 cm³/mol. The maximum atomic E-state index is 5.90. The van der Waals surface area contributed by atoms with Gasteiger partial charge >= 0.3 is 0 Å². The van der Waals surface area contributed by atoms with Crippen LogP contribution >= 0.6 is 22.6 Å². The van der Waals surface area contributed by atoms with E-state index < -0.39 is 0 Å². The predicted octanol–water partition coefficient (Wildman–Crippen LogP) is 2.64. The number of hydrogen-bond acceptors (Lipinski definition) is 2. The molecule has 14 heavy (non-hydrogen) atoms. The second-order valence-electron chi connectivity index (χ2n) is 4.59. The third-order valence-corrected chi connectivity index (χ3v) is 4.65. The molecule has 0 aromatic heterocycles. The summed E-state index contributed by atoms with van der Waals surface area (Å²) in [5, 5.41) is 0. The summed E-state index contributed by atoms with van der Waals surface area (Å²) >= 11 is 2.43. The van der Waals surface area contributed by atoms with E-state index in [1.165, 1.54) is 19.3 Å². The lowest BCUT2D eigenvalue weighted by Crippen LogP contribution is -2.29. The number of alkyl halides is 1. The lowest BCUT2D eigenvalue weighted by atomic mass is 9.77. The van der Waals surface area contributed by atoms with Crippen LogP contribution in [0.15, 0.2) is 0 Å². The van der Waals surface area contributed by atoms with Crippen LogP contribution in [0.25, 0.3) is 0 Å². The normalized spacial score (nSPS) is 35.6. The average molecular weight is 310 g/mol. The largest absolute Gasteiger partial charge is 0.378 e. The summed E-state index contributed by atoms with van der Waals surface area (Å²) in [6.07, 6.45) is 4.60. The Morgan fingerprint density at radius 1 is 1.43 bits per heavy atom. The summed E-state index contributed by atoms with van der Waals surface area (Å²) < 4.78 is 11.8. The molecule has 2 fully saturated rings. The Morgan fingerprint density at radius 2 is 2.21 bits per heavy atom. The number of ether oxygens (including phenoxy) is 2. The highest BCUT2D eigenvalue weighted by molar-refractivity contribution is 14.1. The molecule has 3 atom stereocenters. The molecule has 0 radical (unpaired) electrons. The molecular weight excluding hydrogens is 291 g/mol. The molecule has 0 aromatic carbocycles. The molecule has 1 saturated carbocycles. The molecule has 3 heteroatoms. The van der Waals surface area contributed by atoms with E-state index in [1.54, 1.807) is 0 Å². The third kappa shape index (κ3) is 2.61. The van der Waals surface area contributed by atoms with E-state index in [0.29, 0.717) is 10.0 Å². The summed E-state index contributed by atoms with van der Waals surface area (Å²) in [4.78, 5) is 0. The van der Waals surface area contributed by atoms with Crippen molar-refractivity contribution in [3.05, 3.63) is 0 Å². The fraction of sp³-hybridized carbons (Fsp3) is 1.00. The van der Waals surface area contributed by atoms with E-state index in [1.807, 2.05) is 0 Å². The molecule has 2 nitrogen and oxygen atoms in total. The van der Waals surface area contributed by atoms with Crippen molar-refractivity contribution >= 4 is 22.6 Å². The van der Waals surface area contributed by atoms with Gasteiger partial charge in [0.05, 0.1) is 23.2 Å². The van der Waals surface area contributed by atoms with Crippen molar-refractivity contribution in [2.45, 2.75) is 36.2 Å². The monoisotopic (exact) mass is 310 g/mol. The maximum absolute atomic E-state index is 5.90. The van der Waals surface area contributed by atoms with Crippen molar-refractivity contribution < 1.29 is 9.47 Å². The second kappa shape index (κ2) is 5.12. The highest BCUT2D eigenvalue weighted by Gasteiger charge is 2.29. The van der Waals surface area contributed by atoms with Crippen molar-refractivity contribution in [1.29, 1.82) is 0 Å². The van der Waals surface area contributed by atoms with E-state index >= 15 is 0 Å². The zero-order valence-corrected chi connectivity index (χ0v) is 10.9. The molecule has 0 N–H and O–H groups in total. The number of rotatable bonds is 4. The summed E-state index contributed by atoms with van der Waals surface area (Å²) in [6, 6.07) is 0. The van der Waals surface area contributed by atoms with Gasteiger partial charge in [-0.05, 0) is 11.8 Å². The molecule has 1 heterocycles. The Morgan fingerprint density at radius 3 is 2.71 bits per heavy atom. The summed E-state index contributed by atoms with van der Waals surface area (Å²) in [7, 11) is 0. The van der Waals surface area contributed by atoms with Crippen LogP contribution in [0.3, 0.4) is 0 Å². The van der Waals surface area contributed by atoms with Gasteiger partial charge < -0.3 is 9.47 Å². The highest BCUT2D eigenvalue weighted by Crippen LogP contribution is 2.33. The number of halogens is 1. The molecule has 3 unspecified atom stereocenters. The van der Waals surface area contributed by atoms with Gasteiger partial charge in [0, 0.05) is 6.61 Å². The van der Waals surface area contributed by atoms with Gasteiger partial charge in [-0.25, -0.2) is 0 Å². The molecular formula is C11H19IO2. The molecule has 0 amide bonds. The quantitative estimate of drug-likeness (QED) is 0.587. The molecule has 1 aliphatic carbocycles. The number of hydrogen-bond donors (Lipinski definition) is 0. The van der Waals surface area contributed by atoms with Gasteiger partial charge in [0.1, 0.15) is 0 Å². The Labute approximate surface area is 99.9 Å². The fourth-order valence-electron chi connectivity index (χ4n) is 2.08. The fourth-order valence-corrected chi connectivity index (χ4v) is 2.75. The first-order valence-electron chi connectivity index (χ1n) is 5.61. The molecule has 0 bridgehead atoms. The van der Waals surface area contributed by atoms with Gasteiger partial charge in [-0.1, -0.05) is 48.8 Å². The summed E-state index contributed by atoms with van der Waals surface area (Å²) in [5.41, 5.74) is 0. The minimum atomic E-state index is 0.345. The average Bonchev–Trinajstić information content (AvgIpc) is 2.44. The van der Waals surface area contributed by atoms with Crippen molar-refractivity contribution in [2.75, 3.05) is 19.8 Å². The van der Waals surface area contributed by atoms with Crippen LogP contribution in [0.1, 0.15) is 26.2 Å². The summed E-state index contributed by atoms with van der Waals surface area (Å²) in [6.45, 7) is 4.91. The van der Waals surface area contributed by atoms with Gasteiger partial charge in [0.25, 0.3) is 0 Å². The Bertz CT molecular complexity index is 182. The molecule has 0 spiro atoms. The van der Waals surface area contributed by atoms with Gasteiger partial charge in [-0.3, -0.25) is 0 Å². The SMILES string of the molecule is CC(COC1COCC1I)C1CCC1. The lowest BCUT2D eigenvalue weighted by Gasteiger charge is -2.32. The van der Waals surface area contributed by atoms with Gasteiger partial charge in [0.15, 0.2) is 0 Å². The van der Waals surface area contributed by atoms with Crippen LogP contribution in [0.4, 0.5) is 0 Å². The van der Waals surface area contributed by atoms with E-state index in [-0.39, 0.29) is 0 Å². The van der Waals surface area contributed by atoms with Crippen LogP contribution < -0.4 is 0 Å². The highest BCUT2D eigenvalue weighted by atomic mass is 127. The first kappa shape index (κ1) is 11.1. The second-order valence-corrected chi connectivity index (χ2v) is 6.19. The van der Waals surface area contributed by atoms with Gasteiger partial charge in [0.2, 0.25) is 0 Å². The molecule has 0 aromatic rings. The first-order chi connectivity index (χ1) is 6.77. The molecule has 1 aliphatic heterocycles. The van der Waals surface area contributed by atoms with Crippen molar-refractivity contribution in [1.82, 2.24) is 0 Å². The van der Waals surface area contributed by atoms with Crippen LogP contribution in [-0.2, 0) is 9.47 Å². The van der Waals surface area contributed by atoms with Gasteiger partial charge in [-0.15, -0.1) is 0 Å². The molecule has 2 aliphatic rings. The van der Waals surface area contributed by atoms with E-state index in [4.69, 9.17) is 9.47 Å². The smallest absolute Gasteiger partial charge is 0.0948 e. The van der Waals surface area contributed by atoms with E-state index in [2.05, 4.69) is 29.5 Å². The minimum Gasteiger partial charge on any atom is -0.378 e. The minimum absolute atomic E-state index is 0.345. The van der Waals surface area contributed by atoms with E-state index in [9.17, 15) is 0 Å². The molecule has 82 valence electrons. The Balaban J connectivity index is 1.65. The molecule has 1 saturated heterocycles. The van der Waals surface area contributed by atoms with E-state index in [0.717, 1.165) is 31.7 Å². The summed E-state index contributed by atoms with van der Waals surface area (Å²) in [5.74, 6) is 1.68. The van der Waals surface area contributed by atoms with Crippen LogP contribution in [0, 0.1) is 11.8 Å². The van der Waals surface area contributed by atoms with Crippen molar-refractivity contribution in [2.24, 2.45) is 11.8 Å². The van der Waals surface area contributed by atoms with Crippen molar-refractivity contribution in [3.63, 3.8) is 0 Å². The van der Waals surface area contributed by atoms with Crippen molar-refractivity contribution in [3.8, 4) is 0 Å². The Hall–Kier alpha value is 0.650. The van der Waals surface area contributed by atoms with Crippen LogP contribution in [0.2, 0.25) is 0 Å². The molecule has 2 rings (SSSR count). The van der Waals surface area contributed by atoms with Gasteiger partial charge in [-0.2, -0.15) is 0 Å². The van der Waals surface area contributed by atoms with Crippen LogP contribution in [0.5, 0.6) is 0 Å².